The van der Waals surface area contributed by atoms with E-state index < -0.39 is 0 Å². The Labute approximate surface area is 75.0 Å². The first-order valence-electron chi connectivity index (χ1n) is 4.68. The van der Waals surface area contributed by atoms with Crippen molar-refractivity contribution in [1.29, 1.82) is 0 Å². The maximum Gasteiger partial charge on any atom is 0.0679 e. The fraction of sp³-hybridized carbons (Fsp3) is 1.00. The van der Waals surface area contributed by atoms with E-state index in [4.69, 9.17) is 0 Å². The van der Waals surface area contributed by atoms with Crippen LogP contribution >= 0.6 is 0 Å². The molecule has 0 saturated carbocycles. The molecule has 0 spiro atoms. The third-order valence-electron chi connectivity index (χ3n) is 2.67. The average molecular weight is 172 g/mol. The van der Waals surface area contributed by atoms with E-state index in [1.54, 1.807) is 0 Å². The summed E-state index contributed by atoms with van der Waals surface area (Å²) in [5.41, 5.74) is 0. The summed E-state index contributed by atoms with van der Waals surface area (Å²) in [4.78, 5) is 4.55. The third-order valence-corrected chi connectivity index (χ3v) is 2.67. The summed E-state index contributed by atoms with van der Waals surface area (Å²) in [6.45, 7) is 5.10. The third kappa shape index (κ3) is 2.44. The molecule has 1 aliphatic rings. The molecule has 0 amide bonds. The summed E-state index contributed by atoms with van der Waals surface area (Å²) in [5.74, 6) is 0. The van der Waals surface area contributed by atoms with Gasteiger partial charge >= 0.3 is 0 Å². The first-order valence-corrected chi connectivity index (χ1v) is 4.68. The van der Waals surface area contributed by atoms with Crippen molar-refractivity contribution in [2.75, 3.05) is 33.7 Å². The monoisotopic (exact) mass is 172 g/mol. The zero-order chi connectivity index (χ0) is 9.14. The van der Waals surface area contributed by atoms with Crippen molar-refractivity contribution in [2.24, 2.45) is 0 Å². The minimum atomic E-state index is -0.226. The van der Waals surface area contributed by atoms with Gasteiger partial charge in [-0.1, -0.05) is 0 Å². The van der Waals surface area contributed by atoms with Crippen LogP contribution in [0.15, 0.2) is 0 Å². The Morgan fingerprint density at radius 3 is 2.58 bits per heavy atom. The van der Waals surface area contributed by atoms with Gasteiger partial charge in [-0.3, -0.25) is 4.90 Å². The van der Waals surface area contributed by atoms with Gasteiger partial charge in [-0.25, -0.2) is 0 Å². The highest BCUT2D eigenvalue weighted by Crippen LogP contribution is 2.09. The lowest BCUT2D eigenvalue weighted by molar-refractivity contribution is 0.0707. The van der Waals surface area contributed by atoms with Crippen molar-refractivity contribution >= 4 is 0 Å². The Morgan fingerprint density at radius 2 is 2.00 bits per heavy atom. The number of nitrogens with zero attached hydrogens (tertiary/aromatic N) is 2. The van der Waals surface area contributed by atoms with Gasteiger partial charge in [0.15, 0.2) is 0 Å². The second-order valence-corrected chi connectivity index (χ2v) is 3.90. The molecular formula is C9H20N2O. The number of hydrogen-bond acceptors (Lipinski definition) is 3. The lowest BCUT2D eigenvalue weighted by atomic mass is 10.1. The molecule has 0 aliphatic carbocycles. The number of likely N-dealkylation sites (N-methyl/N-ethyl adjacent to an activating group) is 2. The molecule has 3 nitrogen and oxygen atoms in total. The van der Waals surface area contributed by atoms with E-state index in [9.17, 15) is 5.11 Å². The van der Waals surface area contributed by atoms with E-state index in [1.807, 2.05) is 6.92 Å². The number of hydrogen-bond donors (Lipinski definition) is 1. The van der Waals surface area contributed by atoms with Crippen LogP contribution in [0.25, 0.3) is 0 Å². The van der Waals surface area contributed by atoms with Gasteiger partial charge in [0.1, 0.15) is 0 Å². The van der Waals surface area contributed by atoms with Crippen molar-refractivity contribution in [3.05, 3.63) is 0 Å². The SMILES string of the molecule is CC(O)C1CN(C)CCCN1C. The summed E-state index contributed by atoms with van der Waals surface area (Å²) >= 11 is 0. The van der Waals surface area contributed by atoms with Crippen molar-refractivity contribution in [2.45, 2.75) is 25.5 Å². The minimum absolute atomic E-state index is 0.226. The van der Waals surface area contributed by atoms with Crippen molar-refractivity contribution in [1.82, 2.24) is 9.80 Å². The first kappa shape index (κ1) is 9.96. The molecule has 0 radical (unpaired) electrons. The molecule has 0 aromatic heterocycles. The van der Waals surface area contributed by atoms with Gasteiger partial charge in [-0.15, -0.1) is 0 Å². The second kappa shape index (κ2) is 4.21. The standard InChI is InChI=1S/C9H20N2O/c1-8(12)9-7-10(2)5-4-6-11(9)3/h8-9,12H,4-7H2,1-3H3. The summed E-state index contributed by atoms with van der Waals surface area (Å²) in [7, 11) is 4.21. The van der Waals surface area contributed by atoms with Gasteiger partial charge in [0, 0.05) is 12.6 Å². The molecule has 0 aromatic carbocycles. The average Bonchev–Trinajstić information content (AvgIpc) is 2.13. The van der Waals surface area contributed by atoms with Crippen LogP contribution in [0.3, 0.4) is 0 Å². The molecule has 1 fully saturated rings. The molecule has 1 aliphatic heterocycles. The zero-order valence-electron chi connectivity index (χ0n) is 8.32. The van der Waals surface area contributed by atoms with Crippen LogP contribution in [0.4, 0.5) is 0 Å². The van der Waals surface area contributed by atoms with Gasteiger partial charge in [0.2, 0.25) is 0 Å². The van der Waals surface area contributed by atoms with Gasteiger partial charge in [-0.2, -0.15) is 0 Å². The van der Waals surface area contributed by atoms with Crippen LogP contribution in [-0.2, 0) is 0 Å². The Hall–Kier alpha value is -0.120. The van der Waals surface area contributed by atoms with Crippen molar-refractivity contribution in [3.63, 3.8) is 0 Å². The van der Waals surface area contributed by atoms with Crippen molar-refractivity contribution in [3.8, 4) is 0 Å². The summed E-state index contributed by atoms with van der Waals surface area (Å²) in [5, 5.41) is 9.52. The molecule has 72 valence electrons. The van der Waals surface area contributed by atoms with Crippen LogP contribution in [0.2, 0.25) is 0 Å². The molecule has 1 saturated heterocycles. The van der Waals surface area contributed by atoms with E-state index in [0.717, 1.165) is 19.6 Å². The molecule has 3 heteroatoms. The zero-order valence-corrected chi connectivity index (χ0v) is 8.32. The molecule has 0 bridgehead atoms. The van der Waals surface area contributed by atoms with E-state index in [0.29, 0.717) is 6.04 Å². The fourth-order valence-corrected chi connectivity index (χ4v) is 1.83. The highest BCUT2D eigenvalue weighted by molar-refractivity contribution is 4.80. The topological polar surface area (TPSA) is 26.7 Å². The number of rotatable bonds is 1. The van der Waals surface area contributed by atoms with Crippen LogP contribution in [0, 0.1) is 0 Å². The van der Waals surface area contributed by atoms with E-state index in [-0.39, 0.29) is 6.10 Å². The highest BCUT2D eigenvalue weighted by atomic mass is 16.3. The second-order valence-electron chi connectivity index (χ2n) is 3.90. The Kier molecular flexibility index (Phi) is 3.50. The smallest absolute Gasteiger partial charge is 0.0679 e. The minimum Gasteiger partial charge on any atom is -0.392 e. The molecule has 1 heterocycles. The van der Waals surface area contributed by atoms with Crippen LogP contribution < -0.4 is 0 Å². The first-order chi connectivity index (χ1) is 5.61. The Balaban J connectivity index is 2.54. The lowest BCUT2D eigenvalue weighted by Gasteiger charge is -2.29. The van der Waals surface area contributed by atoms with Gasteiger partial charge in [0.05, 0.1) is 6.10 Å². The largest absolute Gasteiger partial charge is 0.392 e. The van der Waals surface area contributed by atoms with Crippen molar-refractivity contribution < 1.29 is 5.11 Å². The predicted molar refractivity (Wildman–Crippen MR) is 50.2 cm³/mol. The fourth-order valence-electron chi connectivity index (χ4n) is 1.83. The summed E-state index contributed by atoms with van der Waals surface area (Å²) in [6, 6.07) is 0.303. The Morgan fingerprint density at radius 1 is 1.33 bits per heavy atom. The number of aliphatic hydroxyl groups is 1. The van der Waals surface area contributed by atoms with Crippen LogP contribution in [0.5, 0.6) is 0 Å². The van der Waals surface area contributed by atoms with E-state index in [1.165, 1.54) is 6.42 Å². The number of aliphatic hydroxyl groups excluding tert-OH is 1. The van der Waals surface area contributed by atoms with E-state index in [2.05, 4.69) is 23.9 Å². The summed E-state index contributed by atoms with van der Waals surface area (Å²) in [6.07, 6.45) is 0.978. The normalized spacial score (nSPS) is 31.5. The molecule has 1 rings (SSSR count). The van der Waals surface area contributed by atoms with Gasteiger partial charge in [-0.05, 0) is 40.5 Å². The predicted octanol–water partition coefficient (Wildman–Crippen LogP) is 0.00310. The van der Waals surface area contributed by atoms with E-state index >= 15 is 0 Å². The molecular weight excluding hydrogens is 152 g/mol. The molecule has 1 N–H and O–H groups in total. The highest BCUT2D eigenvalue weighted by Gasteiger charge is 2.23. The maximum atomic E-state index is 9.52. The van der Waals surface area contributed by atoms with Gasteiger partial charge < -0.3 is 10.0 Å². The molecule has 2 atom stereocenters. The maximum absolute atomic E-state index is 9.52. The molecule has 12 heavy (non-hydrogen) atoms. The Bertz CT molecular complexity index is 138. The van der Waals surface area contributed by atoms with Crippen LogP contribution in [0.1, 0.15) is 13.3 Å². The molecule has 2 unspecified atom stereocenters. The molecule has 0 aromatic rings. The van der Waals surface area contributed by atoms with Crippen LogP contribution in [-0.4, -0.2) is 60.8 Å². The van der Waals surface area contributed by atoms with Gasteiger partial charge in [0.25, 0.3) is 0 Å². The quantitative estimate of drug-likeness (QED) is 0.603. The summed E-state index contributed by atoms with van der Waals surface area (Å²) < 4.78 is 0. The lowest BCUT2D eigenvalue weighted by Crippen LogP contribution is -2.44.